The predicted molar refractivity (Wildman–Crippen MR) is 95.9 cm³/mol. The van der Waals surface area contributed by atoms with Crippen molar-refractivity contribution < 1.29 is 9.59 Å². The van der Waals surface area contributed by atoms with Crippen molar-refractivity contribution in [2.75, 3.05) is 13.1 Å². The van der Waals surface area contributed by atoms with Crippen LogP contribution in [-0.4, -0.2) is 39.1 Å². The molecule has 0 aliphatic carbocycles. The molecule has 2 heterocycles. The Hall–Kier alpha value is -3.42. The lowest BCUT2D eigenvalue weighted by Crippen LogP contribution is -2.37. The summed E-state index contributed by atoms with van der Waals surface area (Å²) in [5.74, 6) is -0.575. The molecule has 2 N–H and O–H groups in total. The number of aryl methyl sites for hydroxylation is 1. The molecule has 0 spiro atoms. The normalized spacial score (nSPS) is 10.6. The Balaban J connectivity index is 1.40. The highest BCUT2D eigenvalue weighted by Gasteiger charge is 2.08. The third-order valence-electron chi connectivity index (χ3n) is 3.80. The Morgan fingerprint density at radius 2 is 1.77 bits per heavy atom. The highest BCUT2D eigenvalue weighted by atomic mass is 16.2. The van der Waals surface area contributed by atoms with E-state index in [1.807, 2.05) is 12.1 Å². The summed E-state index contributed by atoms with van der Waals surface area (Å²) in [7, 11) is 0. The molecule has 1 aromatic carbocycles. The number of carbonyl (C=O) groups is 2. The number of nitrogens with zero attached hydrogens (tertiary/aromatic N) is 3. The van der Waals surface area contributed by atoms with Crippen molar-refractivity contribution in [1.82, 2.24) is 24.8 Å². The maximum Gasteiger partial charge on any atom is 0.350 e. The van der Waals surface area contributed by atoms with E-state index in [4.69, 9.17) is 0 Å². The number of rotatable bonds is 7. The van der Waals surface area contributed by atoms with Crippen LogP contribution < -0.4 is 16.3 Å². The van der Waals surface area contributed by atoms with Gasteiger partial charge in [0.05, 0.1) is 6.54 Å². The lowest BCUT2D eigenvalue weighted by Gasteiger charge is -2.07. The molecule has 0 unspecified atom stereocenters. The van der Waals surface area contributed by atoms with Crippen molar-refractivity contribution in [2.24, 2.45) is 0 Å². The van der Waals surface area contributed by atoms with Crippen molar-refractivity contribution in [1.29, 1.82) is 0 Å². The molecule has 0 saturated heterocycles. The van der Waals surface area contributed by atoms with Gasteiger partial charge in [-0.15, -0.1) is 5.10 Å². The summed E-state index contributed by atoms with van der Waals surface area (Å²) in [5.41, 5.74) is 0.888. The van der Waals surface area contributed by atoms with Crippen LogP contribution in [0.1, 0.15) is 16.8 Å². The van der Waals surface area contributed by atoms with Gasteiger partial charge < -0.3 is 10.6 Å². The van der Waals surface area contributed by atoms with Gasteiger partial charge in [0.25, 0.3) is 5.91 Å². The maximum absolute atomic E-state index is 12.1. The minimum Gasteiger partial charge on any atom is -0.355 e. The van der Waals surface area contributed by atoms with E-state index in [1.54, 1.807) is 42.6 Å². The van der Waals surface area contributed by atoms with Crippen molar-refractivity contribution in [3.63, 3.8) is 0 Å². The van der Waals surface area contributed by atoms with Gasteiger partial charge in [-0.05, 0) is 30.7 Å². The molecule has 8 heteroatoms. The van der Waals surface area contributed by atoms with Crippen LogP contribution in [0.4, 0.5) is 0 Å². The summed E-state index contributed by atoms with van der Waals surface area (Å²) in [6, 6.07) is 14.0. The molecule has 2 aromatic heterocycles. The van der Waals surface area contributed by atoms with E-state index in [0.717, 1.165) is 0 Å². The molecule has 0 saturated carbocycles. The summed E-state index contributed by atoms with van der Waals surface area (Å²) in [6.45, 7) is 0.694. The van der Waals surface area contributed by atoms with E-state index < -0.39 is 0 Å². The van der Waals surface area contributed by atoms with Gasteiger partial charge in [0.1, 0.15) is 0 Å². The first-order valence-corrected chi connectivity index (χ1v) is 8.29. The molecule has 0 radical (unpaired) electrons. The third kappa shape index (κ3) is 4.15. The molecule has 0 fully saturated rings. The number of amides is 2. The van der Waals surface area contributed by atoms with Crippen LogP contribution in [0, 0.1) is 0 Å². The molecule has 3 aromatic rings. The summed E-state index contributed by atoms with van der Waals surface area (Å²) < 4.78 is 2.84. The number of benzene rings is 1. The number of fused-ring (bicyclic) bond motifs is 1. The highest BCUT2D eigenvalue weighted by molar-refractivity contribution is 5.96. The number of hydrogen-bond donors (Lipinski definition) is 2. The zero-order valence-corrected chi connectivity index (χ0v) is 14.1. The van der Waals surface area contributed by atoms with Crippen LogP contribution in [0.5, 0.6) is 0 Å². The number of nitrogens with one attached hydrogen (secondary N) is 2. The maximum atomic E-state index is 12.1. The van der Waals surface area contributed by atoms with Crippen molar-refractivity contribution in [3.05, 3.63) is 70.8 Å². The SMILES string of the molecule is O=C(CNC(=O)c1ccccc1)NCCCn1nc2ccccn2c1=O. The second kappa shape index (κ2) is 8.11. The van der Waals surface area contributed by atoms with Gasteiger partial charge in [-0.3, -0.25) is 14.0 Å². The Labute approximate surface area is 149 Å². The highest BCUT2D eigenvalue weighted by Crippen LogP contribution is 1.97. The number of pyridine rings is 1. The van der Waals surface area contributed by atoms with E-state index in [9.17, 15) is 14.4 Å². The zero-order valence-electron chi connectivity index (χ0n) is 14.1. The predicted octanol–water partition coefficient (Wildman–Crippen LogP) is 0.432. The van der Waals surface area contributed by atoms with E-state index >= 15 is 0 Å². The largest absolute Gasteiger partial charge is 0.355 e. The molecular weight excluding hydrogens is 334 g/mol. The second-order valence-electron chi connectivity index (χ2n) is 5.69. The fourth-order valence-electron chi connectivity index (χ4n) is 2.49. The van der Waals surface area contributed by atoms with E-state index in [1.165, 1.54) is 9.08 Å². The van der Waals surface area contributed by atoms with Crippen LogP contribution in [0.3, 0.4) is 0 Å². The first kappa shape index (κ1) is 17.4. The van der Waals surface area contributed by atoms with E-state index in [2.05, 4.69) is 15.7 Å². The lowest BCUT2D eigenvalue weighted by molar-refractivity contribution is -0.120. The minimum absolute atomic E-state index is 0.0952. The van der Waals surface area contributed by atoms with Crippen molar-refractivity contribution >= 4 is 17.5 Å². The van der Waals surface area contributed by atoms with Crippen LogP contribution >= 0.6 is 0 Å². The van der Waals surface area contributed by atoms with Crippen LogP contribution in [-0.2, 0) is 11.3 Å². The van der Waals surface area contributed by atoms with Crippen LogP contribution in [0.15, 0.2) is 59.5 Å². The molecule has 2 amide bonds. The zero-order chi connectivity index (χ0) is 18.4. The molecule has 134 valence electrons. The van der Waals surface area contributed by atoms with Gasteiger partial charge in [-0.2, -0.15) is 0 Å². The summed E-state index contributed by atoms with van der Waals surface area (Å²) >= 11 is 0. The van der Waals surface area contributed by atoms with Gasteiger partial charge in [0.15, 0.2) is 5.65 Å². The fourth-order valence-corrected chi connectivity index (χ4v) is 2.49. The van der Waals surface area contributed by atoms with Crippen molar-refractivity contribution in [3.8, 4) is 0 Å². The Morgan fingerprint density at radius 1 is 1.00 bits per heavy atom. The van der Waals surface area contributed by atoms with Gasteiger partial charge in [-0.1, -0.05) is 24.3 Å². The van der Waals surface area contributed by atoms with E-state index in [0.29, 0.717) is 30.7 Å². The average molecular weight is 353 g/mol. The molecule has 3 rings (SSSR count). The molecule has 0 aliphatic heterocycles. The fraction of sp³-hybridized carbons (Fsp3) is 0.222. The van der Waals surface area contributed by atoms with E-state index in [-0.39, 0.29) is 24.0 Å². The molecule has 8 nitrogen and oxygen atoms in total. The van der Waals surface area contributed by atoms with Crippen LogP contribution in [0.25, 0.3) is 5.65 Å². The molecule has 0 aliphatic rings. The number of aromatic nitrogens is 3. The van der Waals surface area contributed by atoms with Gasteiger partial charge in [-0.25, -0.2) is 9.48 Å². The van der Waals surface area contributed by atoms with Crippen LogP contribution in [0.2, 0.25) is 0 Å². The summed E-state index contributed by atoms with van der Waals surface area (Å²) in [6.07, 6.45) is 2.22. The van der Waals surface area contributed by atoms with Gasteiger partial charge in [0.2, 0.25) is 5.91 Å². The topological polar surface area (TPSA) is 97.5 Å². The Kier molecular flexibility index (Phi) is 5.43. The minimum atomic E-state index is -0.294. The van der Waals surface area contributed by atoms with Gasteiger partial charge >= 0.3 is 5.69 Å². The lowest BCUT2D eigenvalue weighted by atomic mass is 10.2. The monoisotopic (exact) mass is 353 g/mol. The number of hydrogen-bond acceptors (Lipinski definition) is 4. The molecule has 0 bridgehead atoms. The smallest absolute Gasteiger partial charge is 0.350 e. The Morgan fingerprint density at radius 3 is 2.54 bits per heavy atom. The first-order chi connectivity index (χ1) is 12.6. The number of carbonyl (C=O) groups excluding carboxylic acids is 2. The molecule has 0 atom stereocenters. The quantitative estimate of drug-likeness (QED) is 0.602. The second-order valence-corrected chi connectivity index (χ2v) is 5.69. The standard InChI is InChI=1S/C18H19N5O3/c24-16(13-20-17(25)14-7-2-1-3-8-14)19-10-6-12-23-18(26)22-11-5-4-9-15(22)21-23/h1-5,7-9,11H,6,10,12-13H2,(H,19,24)(H,20,25). The third-order valence-corrected chi connectivity index (χ3v) is 3.80. The average Bonchev–Trinajstić information content (AvgIpc) is 3.00. The van der Waals surface area contributed by atoms with Gasteiger partial charge in [0, 0.05) is 24.8 Å². The summed E-state index contributed by atoms with van der Waals surface area (Å²) in [4.78, 5) is 35.7. The van der Waals surface area contributed by atoms with Crippen molar-refractivity contribution in [2.45, 2.75) is 13.0 Å². The molecule has 26 heavy (non-hydrogen) atoms. The Bertz CT molecular complexity index is 962. The molecular formula is C18H19N5O3. The summed E-state index contributed by atoms with van der Waals surface area (Å²) in [5, 5.41) is 9.49. The first-order valence-electron chi connectivity index (χ1n) is 8.29.